The van der Waals surface area contributed by atoms with Crippen LogP contribution in [-0.2, 0) is 16.4 Å². The zero-order chi connectivity index (χ0) is 0. The van der Waals surface area contributed by atoms with Crippen molar-refractivity contribution >= 4 is 126 Å². The summed E-state index contributed by atoms with van der Waals surface area (Å²) in [6.45, 7) is 0. The van der Waals surface area contributed by atoms with Gasteiger partial charge in [0, 0.05) is 0 Å². The summed E-state index contributed by atoms with van der Waals surface area (Å²) in [5, 5.41) is 0. The van der Waals surface area contributed by atoms with Gasteiger partial charge in [-0.2, -0.15) is 0 Å². The van der Waals surface area contributed by atoms with Crippen molar-refractivity contribution in [3.8, 4) is 0 Å². The standard InChI is InChI=1S/2Al.3O.2Sr.4H/q2*+3;3*-2;2*+2;4*-1. The molecule has 0 heterocycles. The Morgan fingerprint density at radius 3 is 0.571 bits per heavy atom. The molecule has 0 N–H and O–H groups in total. The van der Waals surface area contributed by atoms with Crippen LogP contribution in [0.15, 0.2) is 0 Å². The van der Waals surface area contributed by atoms with Crippen molar-refractivity contribution in [3.63, 3.8) is 0 Å². The van der Waals surface area contributed by atoms with Crippen molar-refractivity contribution in [1.29, 1.82) is 0 Å². The zero-order valence-electron chi connectivity index (χ0n) is 7.79. The fourth-order valence-electron chi connectivity index (χ4n) is 0. The normalized spacial score (nSPS) is 0. The second-order valence-corrected chi connectivity index (χ2v) is 0. The van der Waals surface area contributed by atoms with Crippen LogP contribution in [0.1, 0.15) is 5.71 Å². The number of hydrogen-bond donors (Lipinski definition) is 0. The second kappa shape index (κ2) is 51.5. The van der Waals surface area contributed by atoms with Crippen molar-refractivity contribution in [2.45, 2.75) is 0 Å². The molecule has 7 heteroatoms. The van der Waals surface area contributed by atoms with E-state index in [4.69, 9.17) is 0 Å². The molecular formula is H4Al2O3Sr2. The Morgan fingerprint density at radius 1 is 0.571 bits per heavy atom. The van der Waals surface area contributed by atoms with E-state index in [1.54, 1.807) is 0 Å². The third-order valence-electron chi connectivity index (χ3n) is 0. The summed E-state index contributed by atoms with van der Waals surface area (Å²) >= 11 is 0. The van der Waals surface area contributed by atoms with Gasteiger partial charge in [-0.1, -0.05) is 0 Å². The fraction of sp³-hybridized carbons (Fsp3) is 0. The minimum absolute atomic E-state index is 0. The Kier molecular flexibility index (Phi) is 516. The molecule has 7 heavy (non-hydrogen) atoms. The van der Waals surface area contributed by atoms with Crippen LogP contribution in [0.25, 0.3) is 0 Å². The molecule has 3 nitrogen and oxygen atoms in total. The van der Waals surface area contributed by atoms with Crippen molar-refractivity contribution in [1.82, 2.24) is 0 Å². The summed E-state index contributed by atoms with van der Waals surface area (Å²) in [5.74, 6) is 0. The van der Waals surface area contributed by atoms with Crippen LogP contribution in [0, 0.1) is 0 Å². The molecule has 0 saturated heterocycles. The van der Waals surface area contributed by atoms with Crippen molar-refractivity contribution in [2.24, 2.45) is 0 Å². The number of hydrogen-bond acceptors (Lipinski definition) is 0. The van der Waals surface area contributed by atoms with Gasteiger partial charge in [0.1, 0.15) is 0 Å². The van der Waals surface area contributed by atoms with Crippen LogP contribution >= 0.6 is 0 Å². The van der Waals surface area contributed by atoms with Crippen LogP contribution in [-0.4, -0.2) is 126 Å². The van der Waals surface area contributed by atoms with Crippen LogP contribution in [0.5, 0.6) is 0 Å². The first-order valence-electron chi connectivity index (χ1n) is 0. The fourth-order valence-corrected chi connectivity index (χ4v) is 0. The van der Waals surface area contributed by atoms with E-state index < -0.39 is 0 Å². The smallest absolute Gasteiger partial charge is 2.00 e. The zero-order valence-corrected chi connectivity index (χ0v) is 13.1. The van der Waals surface area contributed by atoms with Crippen LogP contribution in [0.4, 0.5) is 0 Å². The molecule has 0 aromatic heterocycles. The first-order chi connectivity index (χ1) is 0. The van der Waals surface area contributed by atoms with Gasteiger partial charge in [0.05, 0.1) is 0 Å². The van der Waals surface area contributed by atoms with Crippen molar-refractivity contribution in [2.75, 3.05) is 0 Å². The third kappa shape index (κ3) is 40.6. The average Bonchev–Trinajstić information content (AvgIpc) is 0. The first kappa shape index (κ1) is 70.1. The van der Waals surface area contributed by atoms with Crippen LogP contribution < -0.4 is 0 Å². The van der Waals surface area contributed by atoms with Gasteiger partial charge in [-0.05, 0) is 0 Å². The molecule has 0 fully saturated rings. The van der Waals surface area contributed by atoms with E-state index in [1.807, 2.05) is 0 Å². The van der Waals surface area contributed by atoms with E-state index in [2.05, 4.69) is 0 Å². The molecule has 0 unspecified atom stereocenters. The molecule has 0 bridgehead atoms. The van der Waals surface area contributed by atoms with Gasteiger partial charge in [0.25, 0.3) is 0 Å². The maximum atomic E-state index is 0. The molecule has 0 atom stereocenters. The van der Waals surface area contributed by atoms with Crippen LogP contribution in [0.3, 0.4) is 0 Å². The second-order valence-electron chi connectivity index (χ2n) is 0. The molecule has 0 saturated carbocycles. The maximum absolute atomic E-state index is 0. The summed E-state index contributed by atoms with van der Waals surface area (Å²) in [5.41, 5.74) is 0. The third-order valence-corrected chi connectivity index (χ3v) is 0. The first-order valence-corrected chi connectivity index (χ1v) is 0. The Bertz CT molecular complexity index is 21.3. The average molecular weight is 281 g/mol. The Labute approximate surface area is 144 Å². The summed E-state index contributed by atoms with van der Waals surface area (Å²) in [7, 11) is 0. The maximum Gasteiger partial charge on any atom is 3.00 e. The summed E-state index contributed by atoms with van der Waals surface area (Å²) in [6.07, 6.45) is 0. The minimum Gasteiger partial charge on any atom is -2.00 e. The van der Waals surface area contributed by atoms with Crippen LogP contribution in [0.2, 0.25) is 0 Å². The van der Waals surface area contributed by atoms with Gasteiger partial charge in [0.15, 0.2) is 0 Å². The summed E-state index contributed by atoms with van der Waals surface area (Å²) < 4.78 is 0. The molecule has 0 aliphatic carbocycles. The Morgan fingerprint density at radius 2 is 0.571 bits per heavy atom. The van der Waals surface area contributed by atoms with Gasteiger partial charge < -0.3 is 22.1 Å². The van der Waals surface area contributed by atoms with E-state index >= 15 is 0 Å². The SMILES string of the molecule is [Al+3].[Al+3].[H-].[H-].[H-].[H-].[O-2].[O-2].[O-2].[Sr+2].[Sr+2]. The monoisotopic (exact) mass is 282 g/mol. The largest absolute Gasteiger partial charge is 3.00 e. The molecule has 0 spiro atoms. The molecule has 0 aromatic rings. The van der Waals surface area contributed by atoms with E-state index in [1.165, 1.54) is 0 Å². The molecular weight excluding hydrogens is 277 g/mol. The Hall–Kier alpha value is 3.91. The Balaban J connectivity index is 0. The molecule has 32 valence electrons. The van der Waals surface area contributed by atoms with E-state index in [0.29, 0.717) is 0 Å². The van der Waals surface area contributed by atoms with Crippen molar-refractivity contribution < 1.29 is 22.1 Å². The van der Waals surface area contributed by atoms with E-state index in [9.17, 15) is 0 Å². The summed E-state index contributed by atoms with van der Waals surface area (Å²) in [4.78, 5) is 0. The van der Waals surface area contributed by atoms with Gasteiger partial charge in [-0.3, -0.25) is 0 Å². The van der Waals surface area contributed by atoms with Crippen molar-refractivity contribution in [3.05, 3.63) is 0 Å². The van der Waals surface area contributed by atoms with Gasteiger partial charge in [-0.25, -0.2) is 0 Å². The predicted octanol–water partition coefficient (Wildman–Crippen LogP) is -1.43. The van der Waals surface area contributed by atoms with E-state index in [-0.39, 0.29) is 148 Å². The molecule has 0 aliphatic heterocycles. The molecule has 0 aliphatic rings. The predicted molar refractivity (Wildman–Crippen MR) is 29.5 cm³/mol. The molecule has 0 aromatic carbocycles. The van der Waals surface area contributed by atoms with Gasteiger partial charge in [0.2, 0.25) is 0 Å². The summed E-state index contributed by atoms with van der Waals surface area (Å²) in [6, 6.07) is 0. The minimum atomic E-state index is 0. The van der Waals surface area contributed by atoms with Gasteiger partial charge in [-0.15, -0.1) is 0 Å². The van der Waals surface area contributed by atoms with E-state index in [0.717, 1.165) is 0 Å². The molecule has 0 amide bonds. The van der Waals surface area contributed by atoms with Gasteiger partial charge >= 0.3 is 126 Å². The number of rotatable bonds is 0. The quantitative estimate of drug-likeness (QED) is 0.488. The molecule has 0 rings (SSSR count). The topological polar surface area (TPSA) is 85.5 Å². The molecule has 0 radical (unpaired) electrons.